The van der Waals surface area contributed by atoms with Gasteiger partial charge in [-0.3, -0.25) is 9.98 Å². The molecule has 5 rings (SSSR count). The van der Waals surface area contributed by atoms with E-state index in [2.05, 4.69) is 23.8 Å². The fourth-order valence-corrected chi connectivity index (χ4v) is 5.72. The highest BCUT2D eigenvalue weighted by atomic mass is 16.5. The topological polar surface area (TPSA) is 95.8 Å². The second-order valence-electron chi connectivity index (χ2n) is 13.5. The first-order chi connectivity index (χ1) is 27.5. The average Bonchev–Trinajstić information content (AvgIpc) is 3.23. The number of carbonyl (C=O) groups excluding carboxylic acids is 2. The summed E-state index contributed by atoms with van der Waals surface area (Å²) in [6.07, 6.45) is 15.4. The third kappa shape index (κ3) is 14.3. The number of aliphatic imine (C=N–C) groups is 2. The number of rotatable bonds is 22. The summed E-state index contributed by atoms with van der Waals surface area (Å²) in [4.78, 5) is 34.6. The summed E-state index contributed by atoms with van der Waals surface area (Å²) in [6, 6.07) is 35.9. The first-order valence-corrected chi connectivity index (χ1v) is 19.8. The standard InChI is InChI=1S/C48H52N2O6/c1-3-5-7-9-11-32-53-43-24-28-45(29-25-43)55-47(51)39-16-20-41(21-17-39)49-35-37-14-13-15-38(34-37)36-50-42-22-18-40(19-23-42)48(52)56-46-30-26-44(27-31-46)54-33-12-10-8-6-4-2/h13-31,34-36H,3-12,32-33H2,1-2H3. The Morgan fingerprint density at radius 3 is 1.23 bits per heavy atom. The van der Waals surface area contributed by atoms with E-state index in [9.17, 15) is 9.59 Å². The lowest BCUT2D eigenvalue weighted by molar-refractivity contribution is 0.0725. The van der Waals surface area contributed by atoms with Gasteiger partial charge in [-0.25, -0.2) is 9.59 Å². The van der Waals surface area contributed by atoms with E-state index in [0.29, 0.717) is 47.2 Å². The predicted molar refractivity (Wildman–Crippen MR) is 225 cm³/mol. The van der Waals surface area contributed by atoms with Gasteiger partial charge in [0.15, 0.2) is 0 Å². The highest BCUT2D eigenvalue weighted by Crippen LogP contribution is 2.22. The molecule has 0 aromatic heterocycles. The van der Waals surface area contributed by atoms with Crippen LogP contribution in [0.25, 0.3) is 0 Å². The molecule has 5 aromatic rings. The molecule has 0 aliphatic carbocycles. The van der Waals surface area contributed by atoms with Crippen molar-refractivity contribution >= 4 is 35.7 Å². The molecule has 8 nitrogen and oxygen atoms in total. The molecule has 0 bridgehead atoms. The Kier molecular flexibility index (Phi) is 16.9. The second-order valence-corrected chi connectivity index (χ2v) is 13.5. The third-order valence-electron chi connectivity index (χ3n) is 8.94. The molecule has 0 aliphatic heterocycles. The fourth-order valence-electron chi connectivity index (χ4n) is 5.72. The Hall–Kier alpha value is -6.02. The highest BCUT2D eigenvalue weighted by molar-refractivity contribution is 5.93. The van der Waals surface area contributed by atoms with Crippen molar-refractivity contribution in [1.82, 2.24) is 0 Å². The van der Waals surface area contributed by atoms with Crippen LogP contribution in [0.15, 0.2) is 131 Å². The molecule has 0 saturated carbocycles. The van der Waals surface area contributed by atoms with E-state index < -0.39 is 11.9 Å². The van der Waals surface area contributed by atoms with Gasteiger partial charge in [0.1, 0.15) is 23.0 Å². The molecule has 0 spiro atoms. The Morgan fingerprint density at radius 1 is 0.464 bits per heavy atom. The number of hydrogen-bond acceptors (Lipinski definition) is 8. The minimum atomic E-state index is -0.443. The number of ether oxygens (including phenoxy) is 4. The lowest BCUT2D eigenvalue weighted by atomic mass is 10.1. The van der Waals surface area contributed by atoms with Gasteiger partial charge < -0.3 is 18.9 Å². The van der Waals surface area contributed by atoms with Gasteiger partial charge >= 0.3 is 11.9 Å². The molecule has 0 aliphatic rings. The molecule has 0 amide bonds. The van der Waals surface area contributed by atoms with Crippen LogP contribution in [-0.4, -0.2) is 37.6 Å². The maximum Gasteiger partial charge on any atom is 0.343 e. The summed E-state index contributed by atoms with van der Waals surface area (Å²) < 4.78 is 22.7. The molecule has 0 atom stereocenters. The van der Waals surface area contributed by atoms with Gasteiger partial charge in [0.2, 0.25) is 0 Å². The van der Waals surface area contributed by atoms with Crippen LogP contribution in [0.2, 0.25) is 0 Å². The smallest absolute Gasteiger partial charge is 0.343 e. The Balaban J connectivity index is 1.05. The van der Waals surface area contributed by atoms with Crippen molar-refractivity contribution in [2.75, 3.05) is 13.2 Å². The first kappa shape index (κ1) is 41.1. The van der Waals surface area contributed by atoms with Gasteiger partial charge in [-0.2, -0.15) is 0 Å². The van der Waals surface area contributed by atoms with Gasteiger partial charge in [0, 0.05) is 12.4 Å². The summed E-state index contributed by atoms with van der Waals surface area (Å²) in [7, 11) is 0. The van der Waals surface area contributed by atoms with Crippen LogP contribution in [0.4, 0.5) is 11.4 Å². The largest absolute Gasteiger partial charge is 0.494 e. The van der Waals surface area contributed by atoms with E-state index >= 15 is 0 Å². The Labute approximate surface area is 331 Å². The summed E-state index contributed by atoms with van der Waals surface area (Å²) in [6.45, 7) is 5.78. The van der Waals surface area contributed by atoms with E-state index in [1.54, 1.807) is 85.2 Å². The zero-order valence-electron chi connectivity index (χ0n) is 32.5. The van der Waals surface area contributed by atoms with Crippen molar-refractivity contribution in [2.24, 2.45) is 9.98 Å². The van der Waals surface area contributed by atoms with E-state index in [1.807, 2.05) is 48.5 Å². The van der Waals surface area contributed by atoms with Crippen LogP contribution in [0, 0.1) is 0 Å². The molecule has 290 valence electrons. The Morgan fingerprint density at radius 2 is 0.839 bits per heavy atom. The maximum absolute atomic E-state index is 12.7. The van der Waals surface area contributed by atoms with Gasteiger partial charge in [0.25, 0.3) is 0 Å². The molecule has 0 fully saturated rings. The average molecular weight is 753 g/mol. The van der Waals surface area contributed by atoms with Crippen LogP contribution in [0.3, 0.4) is 0 Å². The normalized spacial score (nSPS) is 11.2. The van der Waals surface area contributed by atoms with Crippen LogP contribution in [0.5, 0.6) is 23.0 Å². The van der Waals surface area contributed by atoms with Crippen molar-refractivity contribution in [1.29, 1.82) is 0 Å². The van der Waals surface area contributed by atoms with Crippen LogP contribution >= 0.6 is 0 Å². The van der Waals surface area contributed by atoms with Crippen molar-refractivity contribution in [2.45, 2.75) is 78.1 Å². The van der Waals surface area contributed by atoms with Crippen molar-refractivity contribution in [3.8, 4) is 23.0 Å². The molecular weight excluding hydrogens is 701 g/mol. The number of esters is 2. The monoisotopic (exact) mass is 752 g/mol. The van der Waals surface area contributed by atoms with E-state index in [0.717, 1.165) is 35.5 Å². The molecule has 0 unspecified atom stereocenters. The molecule has 0 N–H and O–H groups in total. The minimum Gasteiger partial charge on any atom is -0.494 e. The molecular formula is C48H52N2O6. The lowest BCUT2D eigenvalue weighted by Crippen LogP contribution is -2.08. The van der Waals surface area contributed by atoms with Crippen molar-refractivity contribution in [3.05, 3.63) is 144 Å². The zero-order valence-corrected chi connectivity index (χ0v) is 32.5. The molecule has 56 heavy (non-hydrogen) atoms. The van der Waals surface area contributed by atoms with Gasteiger partial charge in [0.05, 0.1) is 35.7 Å². The summed E-state index contributed by atoms with van der Waals surface area (Å²) in [5, 5.41) is 0. The number of nitrogens with zero attached hydrogens (tertiary/aromatic N) is 2. The third-order valence-corrected chi connectivity index (χ3v) is 8.94. The predicted octanol–water partition coefficient (Wildman–Crippen LogP) is 12.3. The second kappa shape index (κ2) is 23.0. The first-order valence-electron chi connectivity index (χ1n) is 19.8. The van der Waals surface area contributed by atoms with Crippen LogP contribution in [0.1, 0.15) is 110 Å². The SMILES string of the molecule is CCCCCCCOc1ccc(OC(=O)c2ccc(N=Cc3cccc(C=Nc4ccc(C(=O)Oc5ccc(OCCCCCCC)cc5)cc4)c3)cc2)cc1. The van der Waals surface area contributed by atoms with Gasteiger partial charge in [-0.1, -0.05) is 83.4 Å². The quantitative estimate of drug-likeness (QED) is 0.0302. The minimum absolute atomic E-state index is 0.429. The van der Waals surface area contributed by atoms with Crippen molar-refractivity contribution in [3.63, 3.8) is 0 Å². The van der Waals surface area contributed by atoms with E-state index in [4.69, 9.17) is 18.9 Å². The fraction of sp³-hybridized carbons (Fsp3) is 0.292. The lowest BCUT2D eigenvalue weighted by Gasteiger charge is -2.08. The van der Waals surface area contributed by atoms with E-state index in [1.165, 1.54) is 51.4 Å². The molecule has 0 heterocycles. The summed E-state index contributed by atoms with van der Waals surface area (Å²) in [5.41, 5.74) is 4.04. The zero-order chi connectivity index (χ0) is 39.2. The number of carbonyl (C=O) groups is 2. The summed E-state index contributed by atoms with van der Waals surface area (Å²) in [5.74, 6) is 1.56. The maximum atomic E-state index is 12.7. The number of unbranched alkanes of at least 4 members (excludes halogenated alkanes) is 8. The Bertz CT molecular complexity index is 1840. The van der Waals surface area contributed by atoms with E-state index in [-0.39, 0.29) is 0 Å². The summed E-state index contributed by atoms with van der Waals surface area (Å²) >= 11 is 0. The van der Waals surface area contributed by atoms with Gasteiger partial charge in [-0.15, -0.1) is 0 Å². The van der Waals surface area contributed by atoms with Gasteiger partial charge in [-0.05, 0) is 127 Å². The highest BCUT2D eigenvalue weighted by Gasteiger charge is 2.10. The number of benzene rings is 5. The molecule has 0 radical (unpaired) electrons. The molecule has 8 heteroatoms. The number of hydrogen-bond donors (Lipinski definition) is 0. The molecule has 0 saturated heterocycles. The van der Waals surface area contributed by atoms with Crippen LogP contribution in [-0.2, 0) is 0 Å². The van der Waals surface area contributed by atoms with Crippen molar-refractivity contribution < 1.29 is 28.5 Å². The molecule has 5 aromatic carbocycles. The van der Waals surface area contributed by atoms with Crippen LogP contribution < -0.4 is 18.9 Å².